The van der Waals surface area contributed by atoms with Gasteiger partial charge in [-0.05, 0) is 39.0 Å². The van der Waals surface area contributed by atoms with Crippen molar-refractivity contribution in [3.8, 4) is 0 Å². The van der Waals surface area contributed by atoms with Crippen LogP contribution in [0.2, 0.25) is 0 Å². The van der Waals surface area contributed by atoms with Gasteiger partial charge in [-0.3, -0.25) is 24.0 Å². The van der Waals surface area contributed by atoms with Crippen molar-refractivity contribution in [3.05, 3.63) is 0 Å². The lowest BCUT2D eigenvalue weighted by Gasteiger charge is -2.20. The lowest BCUT2D eigenvalue weighted by atomic mass is 10.0. The van der Waals surface area contributed by atoms with Gasteiger partial charge < -0.3 is 42.9 Å². The monoisotopic (exact) mass is 628 g/mol. The van der Waals surface area contributed by atoms with Crippen LogP contribution in [0.25, 0.3) is 0 Å². The van der Waals surface area contributed by atoms with Gasteiger partial charge in [0.1, 0.15) is 24.2 Å². The van der Waals surface area contributed by atoms with Gasteiger partial charge in [0.2, 0.25) is 29.5 Å². The third-order valence-electron chi connectivity index (χ3n) is 7.04. The molecule has 0 aliphatic carbocycles. The molecule has 0 rings (SSSR count). The van der Waals surface area contributed by atoms with E-state index in [0.717, 1.165) is 19.3 Å². The van der Waals surface area contributed by atoms with E-state index < -0.39 is 66.2 Å². The van der Waals surface area contributed by atoms with Crippen molar-refractivity contribution in [2.75, 3.05) is 6.54 Å². The molecule has 0 saturated heterocycles. The number of hydrogen-bond acceptors (Lipinski definition) is 8. The highest BCUT2D eigenvalue weighted by molar-refractivity contribution is 5.90. The standard InChI is InChI=1S/C29H52N6O9/c1-3-4-5-6-7-8-9-10-11-15-23(36)32-19(2)27(40)35-22(29(43)44)16-17-24(37)34-21(28(41)42)14-12-13-20(26(31)39)33-25(38)18-30/h19-22H,3-18,30H2,1-2H3,(H2,31,39)(H,32,36)(H,33,38)(H,34,37)(H,35,40)(H,41,42)(H,43,44)/t19-,20+,21+,22+/m0/s1. The maximum Gasteiger partial charge on any atom is 0.326 e. The van der Waals surface area contributed by atoms with E-state index in [-0.39, 0.29) is 44.6 Å². The minimum absolute atomic E-state index is 0.0156. The molecule has 4 atom stereocenters. The minimum Gasteiger partial charge on any atom is -0.480 e. The Morgan fingerprint density at radius 2 is 1.07 bits per heavy atom. The van der Waals surface area contributed by atoms with Crippen LogP contribution in [0.3, 0.4) is 0 Å². The number of amides is 5. The first kappa shape index (κ1) is 40.2. The van der Waals surface area contributed by atoms with Gasteiger partial charge in [-0.15, -0.1) is 0 Å². The Hall–Kier alpha value is -3.75. The zero-order valence-electron chi connectivity index (χ0n) is 26.0. The lowest BCUT2D eigenvalue weighted by molar-refractivity contribution is -0.143. The smallest absolute Gasteiger partial charge is 0.326 e. The zero-order chi connectivity index (χ0) is 33.5. The predicted octanol–water partition coefficient (Wildman–Crippen LogP) is 0.430. The number of nitrogens with two attached hydrogens (primary N) is 2. The molecular formula is C29H52N6O9. The maximum absolute atomic E-state index is 12.5. The summed E-state index contributed by atoms with van der Waals surface area (Å²) in [4.78, 5) is 83.3. The van der Waals surface area contributed by atoms with Crippen LogP contribution in [-0.4, -0.2) is 82.4 Å². The summed E-state index contributed by atoms with van der Waals surface area (Å²) in [6, 6.07) is -4.85. The fourth-order valence-corrected chi connectivity index (χ4v) is 4.39. The van der Waals surface area contributed by atoms with Crippen LogP contribution in [0.5, 0.6) is 0 Å². The quantitative estimate of drug-likeness (QED) is 0.0612. The normalized spacial score (nSPS) is 13.5. The summed E-state index contributed by atoms with van der Waals surface area (Å²) in [6.45, 7) is 3.24. The van der Waals surface area contributed by atoms with Crippen LogP contribution in [0.15, 0.2) is 0 Å². The number of rotatable bonds is 26. The van der Waals surface area contributed by atoms with Gasteiger partial charge >= 0.3 is 11.9 Å². The molecule has 0 fully saturated rings. The van der Waals surface area contributed by atoms with E-state index in [0.29, 0.717) is 6.42 Å². The van der Waals surface area contributed by atoms with Crippen LogP contribution in [0.1, 0.15) is 110 Å². The molecule has 0 saturated carbocycles. The molecule has 0 bridgehead atoms. The average Bonchev–Trinajstić information content (AvgIpc) is 2.96. The molecule has 44 heavy (non-hydrogen) atoms. The Labute approximate surface area is 259 Å². The van der Waals surface area contributed by atoms with Crippen LogP contribution < -0.4 is 32.7 Å². The molecule has 0 aromatic heterocycles. The summed E-state index contributed by atoms with van der Waals surface area (Å²) in [7, 11) is 0. The first-order valence-corrected chi connectivity index (χ1v) is 15.5. The highest BCUT2D eigenvalue weighted by Crippen LogP contribution is 2.11. The zero-order valence-corrected chi connectivity index (χ0v) is 26.0. The molecule has 10 N–H and O–H groups in total. The van der Waals surface area contributed by atoms with Crippen LogP contribution >= 0.6 is 0 Å². The van der Waals surface area contributed by atoms with Crippen molar-refractivity contribution in [3.63, 3.8) is 0 Å². The van der Waals surface area contributed by atoms with Crippen LogP contribution in [0, 0.1) is 0 Å². The van der Waals surface area contributed by atoms with E-state index in [1.165, 1.54) is 39.0 Å². The largest absolute Gasteiger partial charge is 0.480 e. The number of primary amides is 1. The number of unbranched alkanes of at least 4 members (excludes halogenated alkanes) is 8. The Balaban J connectivity index is 4.59. The van der Waals surface area contributed by atoms with E-state index in [9.17, 15) is 43.8 Å². The summed E-state index contributed by atoms with van der Waals surface area (Å²) < 4.78 is 0. The average molecular weight is 629 g/mol. The lowest BCUT2D eigenvalue weighted by Crippen LogP contribution is -2.50. The van der Waals surface area contributed by atoms with Gasteiger partial charge in [0.15, 0.2) is 0 Å². The fraction of sp³-hybridized carbons (Fsp3) is 0.759. The second kappa shape index (κ2) is 23.7. The number of carbonyl (C=O) groups excluding carboxylic acids is 5. The summed E-state index contributed by atoms with van der Waals surface area (Å²) >= 11 is 0. The van der Waals surface area contributed by atoms with Crippen molar-refractivity contribution in [1.29, 1.82) is 0 Å². The van der Waals surface area contributed by atoms with Crippen molar-refractivity contribution in [2.24, 2.45) is 11.5 Å². The van der Waals surface area contributed by atoms with Gasteiger partial charge in [-0.2, -0.15) is 0 Å². The molecule has 0 aromatic rings. The Kier molecular flexibility index (Phi) is 21.7. The molecular weight excluding hydrogens is 576 g/mol. The van der Waals surface area contributed by atoms with E-state index in [1.54, 1.807) is 0 Å². The Morgan fingerprint density at radius 3 is 1.59 bits per heavy atom. The number of carboxylic acid groups (broad SMARTS) is 2. The van der Waals surface area contributed by atoms with Gasteiger partial charge in [0.05, 0.1) is 6.54 Å². The molecule has 0 aliphatic rings. The van der Waals surface area contributed by atoms with Gasteiger partial charge in [0, 0.05) is 12.8 Å². The highest BCUT2D eigenvalue weighted by atomic mass is 16.4. The minimum atomic E-state index is -1.45. The predicted molar refractivity (Wildman–Crippen MR) is 162 cm³/mol. The first-order valence-electron chi connectivity index (χ1n) is 15.5. The first-order chi connectivity index (χ1) is 20.8. The maximum atomic E-state index is 12.5. The topological polar surface area (TPSA) is 260 Å². The SMILES string of the molecule is CCCCCCCCCCCC(=O)N[C@@H](C)C(=O)N[C@H](CCC(=O)N[C@H](CCC[C@@H](NC(=O)CN)C(N)=O)C(=O)O)C(=O)O. The Bertz CT molecular complexity index is 946. The van der Waals surface area contributed by atoms with Gasteiger partial charge in [-0.1, -0.05) is 58.3 Å². The van der Waals surface area contributed by atoms with Crippen molar-refractivity contribution >= 4 is 41.5 Å². The van der Waals surface area contributed by atoms with E-state index in [2.05, 4.69) is 28.2 Å². The van der Waals surface area contributed by atoms with E-state index in [4.69, 9.17) is 11.5 Å². The summed E-state index contributed by atoms with van der Waals surface area (Å²) in [6.07, 6.45) is 9.45. The summed E-state index contributed by atoms with van der Waals surface area (Å²) in [5.41, 5.74) is 10.4. The molecule has 0 aliphatic heterocycles. The number of hydrogen-bond donors (Lipinski definition) is 8. The third-order valence-corrected chi connectivity index (χ3v) is 7.04. The molecule has 0 aromatic carbocycles. The molecule has 0 spiro atoms. The second-order valence-electron chi connectivity index (χ2n) is 10.9. The highest BCUT2D eigenvalue weighted by Gasteiger charge is 2.26. The number of carbonyl (C=O) groups is 7. The molecule has 15 nitrogen and oxygen atoms in total. The molecule has 5 amide bonds. The van der Waals surface area contributed by atoms with Gasteiger partial charge in [-0.25, -0.2) is 9.59 Å². The van der Waals surface area contributed by atoms with E-state index in [1.807, 2.05) is 0 Å². The van der Waals surface area contributed by atoms with Gasteiger partial charge in [0.25, 0.3) is 0 Å². The van der Waals surface area contributed by atoms with Crippen molar-refractivity contribution in [2.45, 2.75) is 134 Å². The number of carboxylic acids is 2. The molecule has 0 heterocycles. The van der Waals surface area contributed by atoms with Crippen LogP contribution in [-0.2, 0) is 33.6 Å². The van der Waals surface area contributed by atoms with E-state index >= 15 is 0 Å². The second-order valence-corrected chi connectivity index (χ2v) is 10.9. The molecule has 15 heteroatoms. The van der Waals surface area contributed by atoms with Crippen LogP contribution in [0.4, 0.5) is 0 Å². The van der Waals surface area contributed by atoms with Crippen molar-refractivity contribution in [1.82, 2.24) is 21.3 Å². The third kappa shape index (κ3) is 19.4. The number of aliphatic carboxylic acids is 2. The number of nitrogens with one attached hydrogen (secondary N) is 4. The fourth-order valence-electron chi connectivity index (χ4n) is 4.39. The molecule has 0 unspecified atom stereocenters. The van der Waals surface area contributed by atoms with Crippen molar-refractivity contribution < 1.29 is 43.8 Å². The summed E-state index contributed by atoms with van der Waals surface area (Å²) in [5, 5.41) is 28.4. The molecule has 252 valence electrons. The molecule has 0 radical (unpaired) electrons. The summed E-state index contributed by atoms with van der Waals surface area (Å²) in [5.74, 6) is -5.98. The Morgan fingerprint density at radius 1 is 0.591 bits per heavy atom.